The second-order valence-electron chi connectivity index (χ2n) is 6.59. The number of benzene rings is 1. The van der Waals surface area contributed by atoms with Crippen LogP contribution in [0.2, 0.25) is 0 Å². The minimum Gasteiger partial charge on any atom is -0.352 e. The van der Waals surface area contributed by atoms with E-state index in [-0.39, 0.29) is 23.3 Å². The summed E-state index contributed by atoms with van der Waals surface area (Å²) in [6.45, 7) is 3.01. The van der Waals surface area contributed by atoms with Crippen molar-refractivity contribution < 1.29 is 13.2 Å². The molecular formula is C19H23N3O3S. The van der Waals surface area contributed by atoms with Gasteiger partial charge in [-0.2, -0.15) is 4.31 Å². The van der Waals surface area contributed by atoms with Crippen LogP contribution >= 0.6 is 0 Å². The second-order valence-corrected chi connectivity index (χ2v) is 8.53. The van der Waals surface area contributed by atoms with E-state index in [0.717, 1.165) is 11.1 Å². The number of piperidine rings is 1. The number of hydrogen-bond donors (Lipinski definition) is 1. The summed E-state index contributed by atoms with van der Waals surface area (Å²) in [7, 11) is -3.57. The second kappa shape index (κ2) is 7.97. The highest BCUT2D eigenvalue weighted by Gasteiger charge is 2.33. The maximum atomic E-state index is 12.8. The molecule has 138 valence electrons. The van der Waals surface area contributed by atoms with Crippen molar-refractivity contribution in [2.75, 3.05) is 13.1 Å². The molecule has 1 aromatic carbocycles. The number of aryl methyl sites for hydroxylation is 1. The Morgan fingerprint density at radius 1 is 1.19 bits per heavy atom. The summed E-state index contributed by atoms with van der Waals surface area (Å²) >= 11 is 0. The van der Waals surface area contributed by atoms with Gasteiger partial charge in [-0.3, -0.25) is 9.78 Å². The van der Waals surface area contributed by atoms with Crippen LogP contribution in [0.15, 0.2) is 53.7 Å². The summed E-state index contributed by atoms with van der Waals surface area (Å²) in [5.74, 6) is -0.434. The van der Waals surface area contributed by atoms with Gasteiger partial charge < -0.3 is 5.32 Å². The van der Waals surface area contributed by atoms with Gasteiger partial charge >= 0.3 is 0 Å². The first-order chi connectivity index (χ1) is 12.5. The molecule has 0 saturated carbocycles. The number of amides is 1. The zero-order valence-corrected chi connectivity index (χ0v) is 15.6. The summed E-state index contributed by atoms with van der Waals surface area (Å²) in [5, 5.41) is 2.90. The number of sulfonamides is 1. The van der Waals surface area contributed by atoms with E-state index in [1.54, 1.807) is 36.7 Å². The Kier molecular flexibility index (Phi) is 5.68. The Morgan fingerprint density at radius 2 is 1.88 bits per heavy atom. The Hall–Kier alpha value is -2.25. The largest absolute Gasteiger partial charge is 0.352 e. The number of carbonyl (C=O) groups excluding carboxylic acids is 1. The van der Waals surface area contributed by atoms with E-state index < -0.39 is 10.0 Å². The molecule has 1 aromatic heterocycles. The monoisotopic (exact) mass is 373 g/mol. The third-order valence-corrected chi connectivity index (χ3v) is 6.51. The molecule has 1 N–H and O–H groups in total. The molecular weight excluding hydrogens is 350 g/mol. The molecule has 1 fully saturated rings. The number of hydrogen-bond acceptors (Lipinski definition) is 4. The van der Waals surface area contributed by atoms with Gasteiger partial charge in [-0.05, 0) is 49.6 Å². The minimum atomic E-state index is -3.57. The lowest BCUT2D eigenvalue weighted by Crippen LogP contribution is -2.45. The van der Waals surface area contributed by atoms with E-state index in [1.165, 1.54) is 4.31 Å². The summed E-state index contributed by atoms with van der Waals surface area (Å²) in [5.41, 5.74) is 1.98. The van der Waals surface area contributed by atoms with Gasteiger partial charge in [-0.1, -0.05) is 17.7 Å². The van der Waals surface area contributed by atoms with Crippen LogP contribution < -0.4 is 5.32 Å². The topological polar surface area (TPSA) is 79.4 Å². The van der Waals surface area contributed by atoms with Crippen LogP contribution in [-0.4, -0.2) is 36.7 Å². The van der Waals surface area contributed by atoms with Gasteiger partial charge in [-0.15, -0.1) is 0 Å². The fourth-order valence-electron chi connectivity index (χ4n) is 3.07. The van der Waals surface area contributed by atoms with Gasteiger partial charge in [-0.25, -0.2) is 8.42 Å². The van der Waals surface area contributed by atoms with Crippen LogP contribution in [-0.2, 0) is 21.4 Å². The molecule has 1 aliphatic heterocycles. The van der Waals surface area contributed by atoms with Crippen molar-refractivity contribution in [3.05, 3.63) is 59.9 Å². The number of carbonyl (C=O) groups is 1. The predicted molar refractivity (Wildman–Crippen MR) is 98.7 cm³/mol. The predicted octanol–water partition coefficient (Wildman–Crippen LogP) is 2.11. The van der Waals surface area contributed by atoms with Crippen LogP contribution in [0, 0.1) is 12.8 Å². The highest BCUT2D eigenvalue weighted by Crippen LogP contribution is 2.24. The summed E-state index contributed by atoms with van der Waals surface area (Å²) < 4.78 is 27.1. The van der Waals surface area contributed by atoms with Crippen molar-refractivity contribution in [2.45, 2.75) is 31.2 Å². The maximum Gasteiger partial charge on any atom is 0.243 e. The first kappa shape index (κ1) is 18.5. The van der Waals surface area contributed by atoms with E-state index in [0.29, 0.717) is 25.9 Å². The number of rotatable bonds is 5. The molecule has 1 amide bonds. The number of nitrogens with one attached hydrogen (secondary N) is 1. The van der Waals surface area contributed by atoms with E-state index in [2.05, 4.69) is 10.3 Å². The minimum absolute atomic E-state index is 0.106. The van der Waals surface area contributed by atoms with Crippen molar-refractivity contribution in [3.63, 3.8) is 0 Å². The van der Waals surface area contributed by atoms with Gasteiger partial charge in [0.1, 0.15) is 0 Å². The highest BCUT2D eigenvalue weighted by atomic mass is 32.2. The quantitative estimate of drug-likeness (QED) is 0.871. The van der Waals surface area contributed by atoms with Gasteiger partial charge in [0.15, 0.2) is 0 Å². The molecule has 2 heterocycles. The van der Waals surface area contributed by atoms with Gasteiger partial charge in [0, 0.05) is 32.0 Å². The lowest BCUT2D eigenvalue weighted by Gasteiger charge is -2.31. The Labute approximate surface area is 154 Å². The standard InChI is InChI=1S/C19H23N3O3S/c1-15-4-6-18(7-5-15)26(24,25)22-12-2-3-17(14-22)19(23)21-13-16-8-10-20-11-9-16/h4-11,17H,2-3,12-14H2,1H3,(H,21,23)/t17-/m1/s1. The number of pyridine rings is 1. The zero-order chi connectivity index (χ0) is 18.6. The van der Waals surface area contributed by atoms with E-state index >= 15 is 0 Å². The lowest BCUT2D eigenvalue weighted by molar-refractivity contribution is -0.126. The smallest absolute Gasteiger partial charge is 0.243 e. The number of nitrogens with zero attached hydrogens (tertiary/aromatic N) is 2. The Balaban J connectivity index is 1.64. The molecule has 0 bridgehead atoms. The molecule has 26 heavy (non-hydrogen) atoms. The molecule has 1 aliphatic rings. The molecule has 3 rings (SSSR count). The molecule has 0 radical (unpaired) electrons. The molecule has 1 saturated heterocycles. The molecule has 0 spiro atoms. The summed E-state index contributed by atoms with van der Waals surface area (Å²) in [6.07, 6.45) is 4.73. The third-order valence-electron chi connectivity index (χ3n) is 4.63. The molecule has 1 atom stereocenters. The Morgan fingerprint density at radius 3 is 2.58 bits per heavy atom. The molecule has 6 nitrogen and oxygen atoms in total. The average Bonchev–Trinajstić information content (AvgIpc) is 2.67. The first-order valence-corrected chi connectivity index (χ1v) is 10.1. The van der Waals surface area contributed by atoms with Crippen LogP contribution in [0.5, 0.6) is 0 Å². The maximum absolute atomic E-state index is 12.8. The fraction of sp³-hybridized carbons (Fsp3) is 0.368. The van der Waals surface area contributed by atoms with Crippen LogP contribution in [0.1, 0.15) is 24.0 Å². The first-order valence-electron chi connectivity index (χ1n) is 8.70. The van der Waals surface area contributed by atoms with Crippen molar-refractivity contribution >= 4 is 15.9 Å². The van der Waals surface area contributed by atoms with Gasteiger partial charge in [0.05, 0.1) is 10.8 Å². The van der Waals surface area contributed by atoms with E-state index in [1.807, 2.05) is 19.1 Å². The molecule has 2 aromatic rings. The summed E-state index contributed by atoms with van der Waals surface area (Å²) in [4.78, 5) is 16.7. The molecule has 0 aliphatic carbocycles. The third kappa shape index (κ3) is 4.28. The lowest BCUT2D eigenvalue weighted by atomic mass is 9.99. The molecule has 7 heteroatoms. The van der Waals surface area contributed by atoms with E-state index in [9.17, 15) is 13.2 Å². The normalized spacial score (nSPS) is 18.4. The van der Waals surface area contributed by atoms with Crippen molar-refractivity contribution in [1.29, 1.82) is 0 Å². The number of aromatic nitrogens is 1. The van der Waals surface area contributed by atoms with E-state index in [4.69, 9.17) is 0 Å². The SMILES string of the molecule is Cc1ccc(S(=O)(=O)N2CCC[C@@H](C(=O)NCc3ccncc3)C2)cc1. The van der Waals surface area contributed by atoms with Crippen LogP contribution in [0.25, 0.3) is 0 Å². The highest BCUT2D eigenvalue weighted by molar-refractivity contribution is 7.89. The Bertz CT molecular complexity index is 851. The van der Waals surface area contributed by atoms with Gasteiger partial charge in [0.2, 0.25) is 15.9 Å². The summed E-state index contributed by atoms with van der Waals surface area (Å²) in [6, 6.07) is 10.5. The van der Waals surface area contributed by atoms with Crippen LogP contribution in [0.4, 0.5) is 0 Å². The van der Waals surface area contributed by atoms with Gasteiger partial charge in [0.25, 0.3) is 0 Å². The zero-order valence-electron chi connectivity index (χ0n) is 14.8. The van der Waals surface area contributed by atoms with Crippen molar-refractivity contribution in [3.8, 4) is 0 Å². The van der Waals surface area contributed by atoms with Crippen molar-refractivity contribution in [2.24, 2.45) is 5.92 Å². The van der Waals surface area contributed by atoms with Crippen LogP contribution in [0.3, 0.4) is 0 Å². The molecule has 0 unspecified atom stereocenters. The van der Waals surface area contributed by atoms with Crippen molar-refractivity contribution in [1.82, 2.24) is 14.6 Å². The fourth-order valence-corrected chi connectivity index (χ4v) is 4.59. The average molecular weight is 373 g/mol.